The molecule has 2 rings (SSSR count). The molecule has 0 aliphatic carbocycles. The number of nitrogens with two attached hydrogens (primary N) is 1. The summed E-state index contributed by atoms with van der Waals surface area (Å²) in [5.74, 6) is 0. The molecule has 0 fully saturated rings. The number of hydrogen-bond acceptors (Lipinski definition) is 3. The van der Waals surface area contributed by atoms with E-state index in [-0.39, 0.29) is 4.90 Å². The quantitative estimate of drug-likeness (QED) is 0.874. The summed E-state index contributed by atoms with van der Waals surface area (Å²) in [7, 11) is -3.65. The van der Waals surface area contributed by atoms with Crippen molar-refractivity contribution in [2.24, 2.45) is 10.1 Å². The fourth-order valence-corrected chi connectivity index (χ4v) is 2.20. The van der Waals surface area contributed by atoms with Gasteiger partial charge in [0, 0.05) is 10.7 Å². The number of nitrogens with zero attached hydrogens (tertiary/aromatic N) is 1. The summed E-state index contributed by atoms with van der Waals surface area (Å²) in [6, 6.07) is 13.8. The van der Waals surface area contributed by atoms with E-state index in [9.17, 15) is 8.42 Å². The molecule has 0 radical (unpaired) electrons. The number of aliphatic imine (C=N–C) groups is 1. The zero-order chi connectivity index (χ0) is 13.9. The van der Waals surface area contributed by atoms with Crippen molar-refractivity contribution >= 4 is 37.9 Å². The van der Waals surface area contributed by atoms with Crippen LogP contribution < -0.4 is 5.14 Å². The van der Waals surface area contributed by atoms with Crippen LogP contribution in [0.4, 0.5) is 5.69 Å². The molecule has 2 aromatic carbocycles. The van der Waals surface area contributed by atoms with Crippen LogP contribution in [0.2, 0.25) is 0 Å². The van der Waals surface area contributed by atoms with Crippen LogP contribution in [0.1, 0.15) is 5.56 Å². The zero-order valence-electron chi connectivity index (χ0n) is 9.82. The van der Waals surface area contributed by atoms with E-state index < -0.39 is 10.0 Å². The Morgan fingerprint density at radius 1 is 1.00 bits per heavy atom. The van der Waals surface area contributed by atoms with Crippen molar-refractivity contribution in [3.05, 3.63) is 58.6 Å². The van der Waals surface area contributed by atoms with E-state index in [4.69, 9.17) is 5.14 Å². The Kier molecular flexibility index (Phi) is 4.14. The second-order valence-corrected chi connectivity index (χ2v) is 6.33. The van der Waals surface area contributed by atoms with E-state index >= 15 is 0 Å². The Hall–Kier alpha value is -1.50. The second-order valence-electron chi connectivity index (χ2n) is 3.85. The first-order valence-corrected chi connectivity index (χ1v) is 7.71. The monoisotopic (exact) mass is 338 g/mol. The van der Waals surface area contributed by atoms with Crippen molar-refractivity contribution < 1.29 is 8.42 Å². The molecular formula is C13H11BrN2O2S. The molecule has 0 saturated heterocycles. The van der Waals surface area contributed by atoms with Crippen LogP contribution in [0.25, 0.3) is 0 Å². The predicted octanol–water partition coefficient (Wildman–Crippen LogP) is 2.85. The molecule has 0 heterocycles. The molecule has 6 heteroatoms. The van der Waals surface area contributed by atoms with Gasteiger partial charge in [0.05, 0.1) is 10.6 Å². The molecule has 0 bridgehead atoms. The molecule has 0 atom stereocenters. The highest BCUT2D eigenvalue weighted by Crippen LogP contribution is 2.16. The Morgan fingerprint density at radius 2 is 1.58 bits per heavy atom. The highest BCUT2D eigenvalue weighted by Gasteiger charge is 2.05. The molecule has 2 aromatic rings. The van der Waals surface area contributed by atoms with Crippen LogP contribution >= 0.6 is 15.9 Å². The van der Waals surface area contributed by atoms with Crippen molar-refractivity contribution in [1.29, 1.82) is 0 Å². The topological polar surface area (TPSA) is 72.5 Å². The first-order chi connectivity index (χ1) is 8.95. The largest absolute Gasteiger partial charge is 0.256 e. The first kappa shape index (κ1) is 13.9. The van der Waals surface area contributed by atoms with E-state index in [0.29, 0.717) is 5.69 Å². The van der Waals surface area contributed by atoms with Crippen LogP contribution in [0.5, 0.6) is 0 Å². The lowest BCUT2D eigenvalue weighted by molar-refractivity contribution is 0.598. The molecule has 0 amide bonds. The first-order valence-electron chi connectivity index (χ1n) is 5.38. The molecule has 98 valence electrons. The summed E-state index contributed by atoms with van der Waals surface area (Å²) in [6.45, 7) is 0. The maximum atomic E-state index is 11.1. The smallest absolute Gasteiger partial charge is 0.238 e. The number of benzene rings is 2. The van der Waals surface area contributed by atoms with E-state index in [1.54, 1.807) is 18.3 Å². The summed E-state index contributed by atoms with van der Waals surface area (Å²) in [6.07, 6.45) is 1.71. The third-order valence-corrected chi connectivity index (χ3v) is 3.86. The fraction of sp³-hybridized carbons (Fsp3) is 0. The lowest BCUT2D eigenvalue weighted by atomic mass is 10.2. The van der Waals surface area contributed by atoms with Crippen LogP contribution in [0.3, 0.4) is 0 Å². The van der Waals surface area contributed by atoms with Crippen LogP contribution in [-0.2, 0) is 10.0 Å². The Labute approximate surface area is 120 Å². The van der Waals surface area contributed by atoms with Gasteiger partial charge in [-0.15, -0.1) is 0 Å². The molecule has 0 unspecified atom stereocenters. The van der Waals surface area contributed by atoms with E-state index in [0.717, 1.165) is 10.0 Å². The van der Waals surface area contributed by atoms with Gasteiger partial charge >= 0.3 is 0 Å². The average Bonchev–Trinajstić information content (AvgIpc) is 2.37. The van der Waals surface area contributed by atoms with Crippen LogP contribution in [0.15, 0.2) is 62.9 Å². The third kappa shape index (κ3) is 3.99. The summed E-state index contributed by atoms with van der Waals surface area (Å²) in [4.78, 5) is 4.33. The van der Waals surface area contributed by atoms with Crippen molar-refractivity contribution in [2.75, 3.05) is 0 Å². The van der Waals surface area contributed by atoms with Gasteiger partial charge in [-0.05, 0) is 42.0 Å². The average molecular weight is 339 g/mol. The van der Waals surface area contributed by atoms with Gasteiger partial charge < -0.3 is 0 Å². The van der Waals surface area contributed by atoms with E-state index in [2.05, 4.69) is 20.9 Å². The van der Waals surface area contributed by atoms with Gasteiger partial charge in [0.1, 0.15) is 0 Å². The SMILES string of the molecule is NS(=O)(=O)c1ccc(N=Cc2ccc(Br)cc2)cc1. The van der Waals surface area contributed by atoms with Crippen molar-refractivity contribution in [1.82, 2.24) is 0 Å². The molecule has 0 aliphatic rings. The maximum absolute atomic E-state index is 11.1. The van der Waals surface area contributed by atoms with Gasteiger partial charge in [-0.1, -0.05) is 28.1 Å². The number of sulfonamides is 1. The van der Waals surface area contributed by atoms with Gasteiger partial charge in [0.2, 0.25) is 10.0 Å². The van der Waals surface area contributed by atoms with Gasteiger partial charge in [-0.25, -0.2) is 13.6 Å². The standard InChI is InChI=1S/C13H11BrN2O2S/c14-11-3-1-10(2-4-11)9-16-12-5-7-13(8-6-12)19(15,17)18/h1-9H,(H2,15,17,18). The minimum atomic E-state index is -3.65. The third-order valence-electron chi connectivity index (χ3n) is 2.40. The van der Waals surface area contributed by atoms with E-state index in [1.807, 2.05) is 24.3 Å². The van der Waals surface area contributed by atoms with Crippen LogP contribution in [0, 0.1) is 0 Å². The van der Waals surface area contributed by atoms with Gasteiger partial charge in [-0.2, -0.15) is 0 Å². The summed E-state index contributed by atoms with van der Waals surface area (Å²) in [5.41, 5.74) is 1.62. The second kappa shape index (κ2) is 5.64. The maximum Gasteiger partial charge on any atom is 0.238 e. The van der Waals surface area contributed by atoms with Crippen molar-refractivity contribution in [3.63, 3.8) is 0 Å². The molecule has 0 spiro atoms. The summed E-state index contributed by atoms with van der Waals surface area (Å²) in [5, 5.41) is 5.02. The van der Waals surface area contributed by atoms with E-state index in [1.165, 1.54) is 12.1 Å². The van der Waals surface area contributed by atoms with Crippen LogP contribution in [-0.4, -0.2) is 14.6 Å². The molecule has 0 saturated carbocycles. The molecule has 0 aromatic heterocycles. The lowest BCUT2D eigenvalue weighted by Gasteiger charge is -1.98. The summed E-state index contributed by atoms with van der Waals surface area (Å²) < 4.78 is 23.2. The number of halogens is 1. The summed E-state index contributed by atoms with van der Waals surface area (Å²) >= 11 is 3.35. The highest BCUT2D eigenvalue weighted by atomic mass is 79.9. The fourth-order valence-electron chi connectivity index (χ4n) is 1.42. The molecular weight excluding hydrogens is 328 g/mol. The molecule has 4 nitrogen and oxygen atoms in total. The Bertz CT molecular complexity index is 692. The lowest BCUT2D eigenvalue weighted by Crippen LogP contribution is -2.11. The number of hydrogen-bond donors (Lipinski definition) is 1. The van der Waals surface area contributed by atoms with Gasteiger partial charge in [-0.3, -0.25) is 4.99 Å². The number of rotatable bonds is 3. The number of primary sulfonamides is 1. The highest BCUT2D eigenvalue weighted by molar-refractivity contribution is 9.10. The minimum absolute atomic E-state index is 0.0788. The van der Waals surface area contributed by atoms with Crippen molar-refractivity contribution in [3.8, 4) is 0 Å². The van der Waals surface area contributed by atoms with Gasteiger partial charge in [0.25, 0.3) is 0 Å². The Morgan fingerprint density at radius 3 is 2.11 bits per heavy atom. The molecule has 19 heavy (non-hydrogen) atoms. The normalized spacial score (nSPS) is 11.9. The minimum Gasteiger partial charge on any atom is -0.256 e. The van der Waals surface area contributed by atoms with Gasteiger partial charge in [0.15, 0.2) is 0 Å². The molecule has 2 N–H and O–H groups in total. The Balaban J connectivity index is 2.18. The van der Waals surface area contributed by atoms with Crippen molar-refractivity contribution in [2.45, 2.75) is 4.90 Å². The zero-order valence-corrected chi connectivity index (χ0v) is 12.2. The predicted molar refractivity (Wildman–Crippen MR) is 79.2 cm³/mol. The molecule has 0 aliphatic heterocycles.